The normalized spacial score (nSPS) is 13.3. The summed E-state index contributed by atoms with van der Waals surface area (Å²) in [5, 5.41) is 8.98. The average Bonchev–Trinajstić information content (AvgIpc) is 3.02. The molecule has 198 valence electrons. The molecule has 1 unspecified atom stereocenters. The van der Waals surface area contributed by atoms with Gasteiger partial charge in [0.25, 0.3) is 0 Å². The number of benzene rings is 1. The topological polar surface area (TPSA) is 145 Å². The second kappa shape index (κ2) is 11.5. The van der Waals surface area contributed by atoms with Crippen molar-refractivity contribution in [2.24, 2.45) is 11.1 Å². The number of ether oxygens (including phenoxy) is 2. The van der Waals surface area contributed by atoms with Crippen molar-refractivity contribution in [2.75, 3.05) is 10.6 Å². The van der Waals surface area contributed by atoms with Gasteiger partial charge in [0.1, 0.15) is 0 Å². The van der Waals surface area contributed by atoms with Crippen molar-refractivity contribution in [3.63, 3.8) is 0 Å². The SMILES string of the molecule is CC(=O)Nc1nc(CCc2ccc(NC(OC(N)=O)(OC(=O)NC(C)(C)C)C(C)(C)C)cc2)c(Br)s1. The van der Waals surface area contributed by atoms with Crippen LogP contribution < -0.4 is 21.7 Å². The number of halogens is 1. The number of anilines is 2. The highest BCUT2D eigenvalue weighted by Crippen LogP contribution is 2.37. The van der Waals surface area contributed by atoms with E-state index in [0.717, 1.165) is 15.0 Å². The van der Waals surface area contributed by atoms with Crippen LogP contribution in [0.25, 0.3) is 0 Å². The molecule has 1 heterocycles. The lowest BCUT2D eigenvalue weighted by atomic mass is 9.90. The molecule has 36 heavy (non-hydrogen) atoms. The highest BCUT2D eigenvalue weighted by Gasteiger charge is 2.50. The molecule has 12 heteroatoms. The van der Waals surface area contributed by atoms with Gasteiger partial charge in [-0.05, 0) is 67.2 Å². The van der Waals surface area contributed by atoms with Crippen LogP contribution >= 0.6 is 27.3 Å². The van der Waals surface area contributed by atoms with Crippen LogP contribution in [0.5, 0.6) is 0 Å². The van der Waals surface area contributed by atoms with Crippen molar-refractivity contribution in [3.8, 4) is 0 Å². The van der Waals surface area contributed by atoms with Gasteiger partial charge in [-0.15, -0.1) is 0 Å². The van der Waals surface area contributed by atoms with Crippen molar-refractivity contribution >= 4 is 56.2 Å². The molecular formula is C24H34BrN5O5S. The number of alkyl carbamates (subject to hydrolysis) is 1. The molecule has 5 N–H and O–H groups in total. The number of rotatable bonds is 8. The number of nitrogens with zero attached hydrogens (tertiary/aromatic N) is 1. The minimum Gasteiger partial charge on any atom is -0.387 e. The molecule has 0 saturated carbocycles. The minimum atomic E-state index is -1.87. The number of hydrogen-bond acceptors (Lipinski definition) is 8. The number of carbonyl (C=O) groups is 3. The van der Waals surface area contributed by atoms with Gasteiger partial charge >= 0.3 is 18.1 Å². The number of primary amides is 1. The van der Waals surface area contributed by atoms with E-state index in [0.29, 0.717) is 23.7 Å². The minimum absolute atomic E-state index is 0.169. The number of aromatic nitrogens is 1. The summed E-state index contributed by atoms with van der Waals surface area (Å²) in [7, 11) is 0. The number of hydrogen-bond donors (Lipinski definition) is 4. The molecular weight excluding hydrogens is 550 g/mol. The summed E-state index contributed by atoms with van der Waals surface area (Å²) in [4.78, 5) is 40.1. The smallest absolute Gasteiger partial charge is 0.387 e. The number of carbonyl (C=O) groups excluding carboxylic acids is 3. The van der Waals surface area contributed by atoms with Gasteiger partial charge in [0.2, 0.25) is 5.91 Å². The number of amides is 3. The van der Waals surface area contributed by atoms with Crippen LogP contribution in [0.2, 0.25) is 0 Å². The third-order valence-electron chi connectivity index (χ3n) is 4.79. The fraction of sp³-hybridized carbons (Fsp3) is 0.500. The Labute approximate surface area is 223 Å². The van der Waals surface area contributed by atoms with Crippen molar-refractivity contribution in [2.45, 2.75) is 72.8 Å². The molecule has 0 fully saturated rings. The Morgan fingerprint density at radius 3 is 2.14 bits per heavy atom. The van der Waals surface area contributed by atoms with Gasteiger partial charge in [0.05, 0.1) is 14.9 Å². The lowest BCUT2D eigenvalue weighted by molar-refractivity contribution is -0.202. The Balaban J connectivity index is 2.20. The molecule has 0 aliphatic heterocycles. The van der Waals surface area contributed by atoms with Crippen LogP contribution in [0.4, 0.5) is 20.4 Å². The molecule has 2 aromatic rings. The molecule has 0 aliphatic rings. The summed E-state index contributed by atoms with van der Waals surface area (Å²) in [6, 6.07) is 7.41. The zero-order valence-corrected chi connectivity index (χ0v) is 24.0. The predicted molar refractivity (Wildman–Crippen MR) is 144 cm³/mol. The van der Waals surface area contributed by atoms with Gasteiger partial charge in [-0.2, -0.15) is 0 Å². The number of nitrogens with one attached hydrogen (secondary N) is 3. The average molecular weight is 585 g/mol. The monoisotopic (exact) mass is 583 g/mol. The highest BCUT2D eigenvalue weighted by atomic mass is 79.9. The Hall–Kier alpha value is -2.86. The van der Waals surface area contributed by atoms with Gasteiger partial charge in [0.15, 0.2) is 5.13 Å². The molecule has 0 radical (unpaired) electrons. The second-order valence-corrected chi connectivity index (χ2v) is 12.6. The van der Waals surface area contributed by atoms with E-state index in [2.05, 4.69) is 36.9 Å². The maximum atomic E-state index is 12.6. The van der Waals surface area contributed by atoms with Gasteiger partial charge < -0.3 is 31.2 Å². The quantitative estimate of drug-likeness (QED) is 0.305. The zero-order valence-electron chi connectivity index (χ0n) is 21.6. The van der Waals surface area contributed by atoms with Crippen molar-refractivity contribution in [3.05, 3.63) is 39.3 Å². The van der Waals surface area contributed by atoms with Gasteiger partial charge in [0, 0.05) is 18.2 Å². The van der Waals surface area contributed by atoms with E-state index < -0.39 is 29.1 Å². The Morgan fingerprint density at radius 2 is 1.64 bits per heavy atom. The Bertz CT molecular complexity index is 1090. The maximum absolute atomic E-state index is 12.6. The summed E-state index contributed by atoms with van der Waals surface area (Å²) in [6.45, 7) is 12.1. The van der Waals surface area contributed by atoms with Crippen LogP contribution in [0, 0.1) is 5.41 Å². The number of aryl methyl sites for hydroxylation is 2. The first-order valence-corrected chi connectivity index (χ1v) is 12.9. The Morgan fingerprint density at radius 1 is 1.03 bits per heavy atom. The first-order valence-electron chi connectivity index (χ1n) is 11.3. The van der Waals surface area contributed by atoms with E-state index in [1.165, 1.54) is 18.3 Å². The molecule has 0 aliphatic carbocycles. The van der Waals surface area contributed by atoms with Crippen molar-refractivity contribution in [1.29, 1.82) is 0 Å². The van der Waals surface area contributed by atoms with E-state index in [1.54, 1.807) is 53.7 Å². The highest BCUT2D eigenvalue weighted by molar-refractivity contribution is 9.11. The first kappa shape index (κ1) is 29.4. The largest absolute Gasteiger partial charge is 0.412 e. The van der Waals surface area contributed by atoms with Crippen LogP contribution in [0.15, 0.2) is 28.1 Å². The molecule has 3 amide bonds. The van der Waals surface area contributed by atoms with E-state index in [4.69, 9.17) is 15.2 Å². The van der Waals surface area contributed by atoms with E-state index in [9.17, 15) is 14.4 Å². The fourth-order valence-corrected chi connectivity index (χ4v) is 4.60. The third-order valence-corrected chi connectivity index (χ3v) is 6.54. The summed E-state index contributed by atoms with van der Waals surface area (Å²) in [6.07, 6.45) is -0.495. The molecule has 1 aromatic carbocycles. The first-order chi connectivity index (χ1) is 16.5. The molecule has 0 spiro atoms. The van der Waals surface area contributed by atoms with E-state index in [1.807, 2.05) is 12.1 Å². The summed E-state index contributed by atoms with van der Waals surface area (Å²) in [5.41, 5.74) is 6.33. The molecule has 0 saturated heterocycles. The van der Waals surface area contributed by atoms with Gasteiger partial charge in [-0.3, -0.25) is 4.79 Å². The van der Waals surface area contributed by atoms with Crippen LogP contribution in [0.1, 0.15) is 59.7 Å². The van der Waals surface area contributed by atoms with Crippen LogP contribution in [0.3, 0.4) is 0 Å². The van der Waals surface area contributed by atoms with Crippen molar-refractivity contribution < 1.29 is 23.9 Å². The van der Waals surface area contributed by atoms with Crippen LogP contribution in [-0.4, -0.2) is 34.5 Å². The summed E-state index contributed by atoms with van der Waals surface area (Å²) >= 11 is 4.86. The number of thiazole rings is 1. The van der Waals surface area contributed by atoms with E-state index >= 15 is 0 Å². The second-order valence-electron chi connectivity index (χ2n) is 10.3. The summed E-state index contributed by atoms with van der Waals surface area (Å²) in [5.74, 6) is -2.04. The lowest BCUT2D eigenvalue weighted by Gasteiger charge is -2.42. The Kier molecular flexibility index (Phi) is 9.35. The standard InChI is InChI=1S/C24H34BrN5O5S/c1-14(31)27-20-28-17(18(25)36-20)13-10-15-8-11-16(12-9-15)29-24(22(2,3)4,34-19(26)32)35-21(33)30-23(5,6)7/h8-9,11-12,29H,10,13H2,1-7H3,(H2,26,32)(H,30,33)(H,27,28,31). The maximum Gasteiger partial charge on any atom is 0.412 e. The fourth-order valence-electron chi connectivity index (χ4n) is 3.07. The molecule has 10 nitrogen and oxygen atoms in total. The summed E-state index contributed by atoms with van der Waals surface area (Å²) < 4.78 is 11.9. The molecule has 2 rings (SSSR count). The van der Waals surface area contributed by atoms with Crippen LogP contribution in [-0.2, 0) is 27.1 Å². The van der Waals surface area contributed by atoms with E-state index in [-0.39, 0.29) is 5.91 Å². The molecule has 1 aromatic heterocycles. The third kappa shape index (κ3) is 8.66. The lowest BCUT2D eigenvalue weighted by Crippen LogP contribution is -2.59. The predicted octanol–water partition coefficient (Wildman–Crippen LogP) is 5.38. The van der Waals surface area contributed by atoms with Gasteiger partial charge in [-0.25, -0.2) is 14.6 Å². The molecule has 0 bridgehead atoms. The number of nitrogens with two attached hydrogens (primary N) is 1. The zero-order chi connectivity index (χ0) is 27.3. The van der Waals surface area contributed by atoms with Gasteiger partial charge in [-0.1, -0.05) is 44.2 Å². The van der Waals surface area contributed by atoms with Crippen molar-refractivity contribution in [1.82, 2.24) is 10.3 Å². The molecule has 1 atom stereocenters.